The normalized spacial score (nSPS) is 11.0. The zero-order chi connectivity index (χ0) is 24.4. The van der Waals surface area contributed by atoms with Crippen LogP contribution in [0, 0.1) is 20.8 Å². The molecule has 0 atom stereocenters. The van der Waals surface area contributed by atoms with Crippen molar-refractivity contribution < 1.29 is 28.2 Å². The minimum Gasteiger partial charge on any atom is -0.497 e. The number of furan rings is 1. The van der Waals surface area contributed by atoms with Crippen LogP contribution in [-0.4, -0.2) is 36.6 Å². The number of ether oxygens (including phenoxy) is 3. The molecule has 0 saturated heterocycles. The first-order chi connectivity index (χ1) is 16.3. The van der Waals surface area contributed by atoms with Crippen LogP contribution in [0.2, 0.25) is 0 Å². The van der Waals surface area contributed by atoms with Gasteiger partial charge in [-0.3, -0.25) is 4.79 Å². The Morgan fingerprint density at radius 2 is 1.68 bits per heavy atom. The maximum Gasteiger partial charge on any atom is 0.375 e. The van der Waals surface area contributed by atoms with Crippen molar-refractivity contribution in [3.05, 3.63) is 76.8 Å². The minimum absolute atomic E-state index is 0.0835. The van der Waals surface area contributed by atoms with Crippen LogP contribution in [0.1, 0.15) is 44.8 Å². The summed E-state index contributed by atoms with van der Waals surface area (Å²) >= 11 is 0. The minimum atomic E-state index is -0.677. The van der Waals surface area contributed by atoms with Gasteiger partial charge in [-0.25, -0.2) is 4.79 Å². The van der Waals surface area contributed by atoms with Gasteiger partial charge >= 0.3 is 5.97 Å². The molecule has 34 heavy (non-hydrogen) atoms. The highest BCUT2D eigenvalue weighted by molar-refractivity contribution is 6.01. The molecule has 7 heteroatoms. The van der Waals surface area contributed by atoms with E-state index in [1.54, 1.807) is 32.2 Å². The average Bonchev–Trinajstić information content (AvgIpc) is 3.33. The lowest BCUT2D eigenvalue weighted by molar-refractivity contribution is 0.0445. The number of benzene rings is 2. The highest BCUT2D eigenvalue weighted by atomic mass is 16.5. The molecule has 4 rings (SSSR count). The van der Waals surface area contributed by atoms with Gasteiger partial charge in [0, 0.05) is 33.6 Å². The van der Waals surface area contributed by atoms with Crippen LogP contribution in [0.15, 0.2) is 52.9 Å². The Kier molecular flexibility index (Phi) is 6.45. The summed E-state index contributed by atoms with van der Waals surface area (Å²) in [7, 11) is 1.62. The van der Waals surface area contributed by atoms with Crippen molar-refractivity contribution in [1.29, 1.82) is 0 Å². The van der Waals surface area contributed by atoms with E-state index in [0.29, 0.717) is 29.1 Å². The maximum atomic E-state index is 12.9. The Balaban J connectivity index is 1.50. The number of hydrogen-bond donors (Lipinski definition) is 0. The van der Waals surface area contributed by atoms with Crippen LogP contribution in [-0.2, 0) is 4.74 Å². The van der Waals surface area contributed by atoms with Gasteiger partial charge in [0.2, 0.25) is 11.5 Å². The molecule has 0 saturated carbocycles. The molecule has 0 unspecified atom stereocenters. The molecule has 2 aromatic heterocycles. The predicted molar refractivity (Wildman–Crippen MR) is 129 cm³/mol. The molecule has 0 bridgehead atoms. The van der Waals surface area contributed by atoms with Crippen LogP contribution < -0.4 is 9.47 Å². The van der Waals surface area contributed by atoms with Crippen molar-refractivity contribution in [3.63, 3.8) is 0 Å². The molecule has 2 heterocycles. The van der Waals surface area contributed by atoms with Crippen LogP contribution in [0.5, 0.6) is 11.5 Å². The summed E-state index contributed by atoms with van der Waals surface area (Å²) in [6, 6.07) is 14.7. The number of methoxy groups -OCH3 is 1. The van der Waals surface area contributed by atoms with E-state index in [0.717, 1.165) is 28.2 Å². The first kappa shape index (κ1) is 23.2. The molecule has 0 aliphatic heterocycles. The van der Waals surface area contributed by atoms with Crippen LogP contribution >= 0.6 is 0 Å². The Bertz CT molecular complexity index is 1360. The van der Waals surface area contributed by atoms with E-state index in [1.165, 1.54) is 0 Å². The second kappa shape index (κ2) is 9.47. The number of nitrogens with zero attached hydrogens (tertiary/aromatic N) is 1. The van der Waals surface area contributed by atoms with Crippen molar-refractivity contribution in [2.45, 2.75) is 27.7 Å². The molecule has 2 aromatic carbocycles. The fourth-order valence-corrected chi connectivity index (χ4v) is 4.10. The van der Waals surface area contributed by atoms with Gasteiger partial charge in [0.15, 0.2) is 6.61 Å². The van der Waals surface area contributed by atoms with Gasteiger partial charge in [0.05, 0.1) is 13.7 Å². The number of carbonyl (C=O) groups is 2. The summed E-state index contributed by atoms with van der Waals surface area (Å²) in [4.78, 5) is 25.6. The van der Waals surface area contributed by atoms with Crippen LogP contribution in [0.4, 0.5) is 0 Å². The van der Waals surface area contributed by atoms with Crippen LogP contribution in [0.25, 0.3) is 16.7 Å². The van der Waals surface area contributed by atoms with Crippen molar-refractivity contribution in [3.8, 4) is 17.2 Å². The van der Waals surface area contributed by atoms with Gasteiger partial charge in [0.1, 0.15) is 17.1 Å². The zero-order valence-electron chi connectivity index (χ0n) is 19.9. The number of fused-ring (bicyclic) bond motifs is 1. The molecular weight excluding hydrogens is 434 g/mol. The van der Waals surface area contributed by atoms with Gasteiger partial charge in [-0.05, 0) is 76.2 Å². The molecule has 4 aromatic rings. The number of ketones is 1. The molecule has 0 amide bonds. The smallest absolute Gasteiger partial charge is 0.375 e. The number of hydrogen-bond acceptors (Lipinski definition) is 6. The summed E-state index contributed by atoms with van der Waals surface area (Å²) in [5.41, 5.74) is 4.29. The largest absolute Gasteiger partial charge is 0.497 e. The lowest BCUT2D eigenvalue weighted by Gasteiger charge is -2.10. The second-order valence-corrected chi connectivity index (χ2v) is 7.96. The second-order valence-electron chi connectivity index (χ2n) is 7.96. The fourth-order valence-electron chi connectivity index (χ4n) is 4.10. The summed E-state index contributed by atoms with van der Waals surface area (Å²) in [6.07, 6.45) is 0. The van der Waals surface area contributed by atoms with Gasteiger partial charge < -0.3 is 23.2 Å². The molecule has 0 fully saturated rings. The molecular formula is C27H27NO6. The van der Waals surface area contributed by atoms with E-state index < -0.39 is 5.97 Å². The van der Waals surface area contributed by atoms with Crippen molar-refractivity contribution in [2.75, 3.05) is 20.3 Å². The van der Waals surface area contributed by atoms with E-state index in [9.17, 15) is 9.59 Å². The molecule has 0 spiro atoms. The van der Waals surface area contributed by atoms with E-state index >= 15 is 0 Å². The molecule has 0 aliphatic rings. The highest BCUT2D eigenvalue weighted by Gasteiger charge is 2.22. The molecule has 7 nitrogen and oxygen atoms in total. The molecule has 176 valence electrons. The topological polar surface area (TPSA) is 79.9 Å². The van der Waals surface area contributed by atoms with Gasteiger partial charge in [-0.2, -0.15) is 0 Å². The molecule has 0 radical (unpaired) electrons. The van der Waals surface area contributed by atoms with E-state index in [4.69, 9.17) is 18.6 Å². The summed E-state index contributed by atoms with van der Waals surface area (Å²) in [6.45, 7) is 7.63. The Hall–Kier alpha value is -4.00. The maximum absolute atomic E-state index is 12.9. The summed E-state index contributed by atoms with van der Waals surface area (Å²) in [5, 5.41) is 0.771. The predicted octanol–water partition coefficient (Wildman–Crippen LogP) is 5.60. The number of esters is 1. The van der Waals surface area contributed by atoms with Crippen molar-refractivity contribution >= 4 is 22.7 Å². The lowest BCUT2D eigenvalue weighted by atomic mass is 10.1. The number of carbonyl (C=O) groups excluding carboxylic acids is 2. The number of rotatable bonds is 8. The molecule has 0 aliphatic carbocycles. The van der Waals surface area contributed by atoms with E-state index in [2.05, 4.69) is 0 Å². The standard InChI is InChI=1S/C27H27NO6/c1-6-32-21-11-12-25-22(14-21)17(3)26(34-25)27(30)33-15-24(29)23-13-16(2)28(18(23)4)19-7-9-20(31-5)10-8-19/h7-14H,6,15H2,1-5H3. The number of Topliss-reactive ketones (excluding diaryl/α,β-unsaturated/α-hetero) is 1. The first-order valence-corrected chi connectivity index (χ1v) is 11.0. The van der Waals surface area contributed by atoms with E-state index in [1.807, 2.05) is 55.7 Å². The summed E-state index contributed by atoms with van der Waals surface area (Å²) < 4.78 is 23.8. The lowest BCUT2D eigenvalue weighted by Crippen LogP contribution is -2.15. The quantitative estimate of drug-likeness (QED) is 0.251. The number of aromatic nitrogens is 1. The van der Waals surface area contributed by atoms with Gasteiger partial charge in [-0.15, -0.1) is 0 Å². The number of aryl methyl sites for hydroxylation is 2. The van der Waals surface area contributed by atoms with Gasteiger partial charge in [-0.1, -0.05) is 0 Å². The van der Waals surface area contributed by atoms with Crippen molar-refractivity contribution in [2.24, 2.45) is 0 Å². The third-order valence-electron chi connectivity index (χ3n) is 5.80. The summed E-state index contributed by atoms with van der Waals surface area (Å²) in [5.74, 6) is 0.573. The Labute approximate surface area is 197 Å². The third-order valence-corrected chi connectivity index (χ3v) is 5.80. The monoisotopic (exact) mass is 461 g/mol. The third kappa shape index (κ3) is 4.29. The SMILES string of the molecule is CCOc1ccc2oc(C(=O)OCC(=O)c3cc(C)n(-c4ccc(OC)cc4)c3C)c(C)c2c1. The first-order valence-electron chi connectivity index (χ1n) is 11.0. The average molecular weight is 462 g/mol. The van der Waals surface area contributed by atoms with E-state index in [-0.39, 0.29) is 18.2 Å². The van der Waals surface area contributed by atoms with Gasteiger partial charge in [0.25, 0.3) is 0 Å². The fraction of sp³-hybridized carbons (Fsp3) is 0.259. The van der Waals surface area contributed by atoms with Crippen molar-refractivity contribution in [1.82, 2.24) is 4.57 Å². The highest BCUT2D eigenvalue weighted by Crippen LogP contribution is 2.29. The molecule has 0 N–H and O–H groups in total. The zero-order valence-corrected chi connectivity index (χ0v) is 19.9. The Morgan fingerprint density at radius 1 is 0.971 bits per heavy atom. The van der Waals surface area contributed by atoms with Crippen LogP contribution in [0.3, 0.4) is 0 Å². The Morgan fingerprint density at radius 3 is 2.35 bits per heavy atom.